The molecule has 3 aromatic rings. The van der Waals surface area contributed by atoms with E-state index in [2.05, 4.69) is 29.6 Å². The zero-order chi connectivity index (χ0) is 15.2. The first-order valence-corrected chi connectivity index (χ1v) is 8.24. The summed E-state index contributed by atoms with van der Waals surface area (Å²) in [4.78, 5) is 1.13. The Morgan fingerprint density at radius 3 is 2.32 bits per heavy atom. The summed E-state index contributed by atoms with van der Waals surface area (Å²) in [7, 11) is 0. The summed E-state index contributed by atoms with van der Waals surface area (Å²) in [6, 6.07) is 22.6. The van der Waals surface area contributed by atoms with E-state index >= 15 is 0 Å². The Morgan fingerprint density at radius 1 is 0.864 bits per heavy atom. The van der Waals surface area contributed by atoms with E-state index in [1.165, 1.54) is 0 Å². The zero-order valence-electron chi connectivity index (χ0n) is 12.3. The molecule has 1 unspecified atom stereocenters. The first-order valence-electron chi connectivity index (χ1n) is 7.36. The summed E-state index contributed by atoms with van der Waals surface area (Å²) in [6.45, 7) is 1.90. The van der Waals surface area contributed by atoms with Gasteiger partial charge in [-0.2, -0.15) is 0 Å². The highest BCUT2D eigenvalue weighted by Gasteiger charge is 2.41. The molecule has 2 heteroatoms. The fraction of sp³-hybridized carbons (Fsp3) is 0.100. The molecule has 1 aliphatic carbocycles. The molecule has 4 rings (SSSR count). The van der Waals surface area contributed by atoms with Crippen LogP contribution in [0.2, 0.25) is 0 Å². The van der Waals surface area contributed by atoms with Crippen molar-refractivity contribution < 1.29 is 5.11 Å². The van der Waals surface area contributed by atoms with Crippen LogP contribution in [0.4, 0.5) is 0 Å². The van der Waals surface area contributed by atoms with Crippen LogP contribution >= 0.6 is 11.3 Å². The van der Waals surface area contributed by atoms with Gasteiger partial charge in [-0.05, 0) is 40.6 Å². The predicted octanol–water partition coefficient (Wildman–Crippen LogP) is 4.93. The molecule has 1 nitrogen and oxygen atoms in total. The molecule has 0 aliphatic heterocycles. The molecule has 0 spiro atoms. The largest absolute Gasteiger partial charge is 0.381 e. The second kappa shape index (κ2) is 4.94. The minimum atomic E-state index is -0.966. The van der Waals surface area contributed by atoms with Gasteiger partial charge in [0.1, 0.15) is 5.60 Å². The lowest BCUT2D eigenvalue weighted by atomic mass is 9.91. The summed E-state index contributed by atoms with van der Waals surface area (Å²) in [5.41, 5.74) is 4.45. The van der Waals surface area contributed by atoms with Crippen molar-refractivity contribution in [1.29, 1.82) is 0 Å². The van der Waals surface area contributed by atoms with Crippen LogP contribution in [0.1, 0.15) is 28.5 Å². The maximum atomic E-state index is 11.3. The van der Waals surface area contributed by atoms with Gasteiger partial charge in [0.05, 0.1) is 0 Å². The number of rotatable bonds is 2. The molecule has 2 aromatic carbocycles. The van der Waals surface area contributed by atoms with E-state index < -0.39 is 5.60 Å². The Kier molecular flexibility index (Phi) is 3.03. The van der Waals surface area contributed by atoms with Gasteiger partial charge in [-0.15, -0.1) is 11.3 Å². The van der Waals surface area contributed by atoms with Gasteiger partial charge in [0.2, 0.25) is 0 Å². The smallest absolute Gasteiger partial charge is 0.114 e. The number of hydrogen-bond donors (Lipinski definition) is 1. The molecule has 0 saturated carbocycles. The highest BCUT2D eigenvalue weighted by atomic mass is 32.1. The molecule has 0 bridgehead atoms. The van der Waals surface area contributed by atoms with Crippen LogP contribution in [0.3, 0.4) is 0 Å². The van der Waals surface area contributed by atoms with Crippen LogP contribution < -0.4 is 0 Å². The molecule has 1 atom stereocenters. The van der Waals surface area contributed by atoms with Gasteiger partial charge in [-0.1, -0.05) is 60.7 Å². The molecule has 1 N–H and O–H groups in total. The van der Waals surface area contributed by atoms with Crippen LogP contribution in [0.25, 0.3) is 11.1 Å². The number of benzene rings is 2. The van der Waals surface area contributed by atoms with E-state index in [1.807, 2.05) is 49.4 Å². The topological polar surface area (TPSA) is 20.2 Å². The van der Waals surface area contributed by atoms with Crippen molar-refractivity contribution in [1.82, 2.24) is 0 Å². The Bertz CT molecular complexity index is 842. The van der Waals surface area contributed by atoms with Gasteiger partial charge in [-0.3, -0.25) is 0 Å². The van der Waals surface area contributed by atoms with Crippen molar-refractivity contribution in [3.8, 4) is 0 Å². The van der Waals surface area contributed by atoms with Gasteiger partial charge in [0.15, 0.2) is 0 Å². The van der Waals surface area contributed by atoms with Gasteiger partial charge in [-0.25, -0.2) is 0 Å². The molecule has 0 radical (unpaired) electrons. The van der Waals surface area contributed by atoms with Gasteiger partial charge < -0.3 is 5.11 Å². The Balaban J connectivity index is 2.09. The minimum Gasteiger partial charge on any atom is -0.381 e. The lowest BCUT2D eigenvalue weighted by Gasteiger charge is -2.22. The van der Waals surface area contributed by atoms with Crippen molar-refractivity contribution in [3.05, 3.63) is 93.7 Å². The summed E-state index contributed by atoms with van der Waals surface area (Å²) >= 11 is 1.67. The molecule has 0 saturated heterocycles. The van der Waals surface area contributed by atoms with Crippen LogP contribution in [-0.4, -0.2) is 5.11 Å². The van der Waals surface area contributed by atoms with Crippen molar-refractivity contribution in [3.63, 3.8) is 0 Å². The van der Waals surface area contributed by atoms with Crippen molar-refractivity contribution in [2.75, 3.05) is 0 Å². The fourth-order valence-electron chi connectivity index (χ4n) is 3.33. The second-order valence-electron chi connectivity index (χ2n) is 5.71. The summed E-state index contributed by atoms with van der Waals surface area (Å²) in [5.74, 6) is 0. The molecular formula is C20H16OS. The number of hydrogen-bond acceptors (Lipinski definition) is 2. The zero-order valence-corrected chi connectivity index (χ0v) is 13.1. The van der Waals surface area contributed by atoms with Crippen molar-refractivity contribution >= 4 is 22.5 Å². The first-order chi connectivity index (χ1) is 10.7. The third-order valence-electron chi connectivity index (χ3n) is 4.29. The van der Waals surface area contributed by atoms with E-state index in [-0.39, 0.29) is 0 Å². The molecule has 1 heterocycles. The summed E-state index contributed by atoms with van der Waals surface area (Å²) < 4.78 is 0. The number of fused-ring (bicyclic) bond motifs is 1. The number of thiophene rings is 1. The van der Waals surface area contributed by atoms with Gasteiger partial charge in [0, 0.05) is 10.5 Å². The highest BCUT2D eigenvalue weighted by molar-refractivity contribution is 7.11. The highest BCUT2D eigenvalue weighted by Crippen LogP contribution is 2.52. The van der Waals surface area contributed by atoms with E-state index in [0.717, 1.165) is 32.7 Å². The third kappa shape index (κ3) is 1.88. The Labute approximate surface area is 134 Å². The molecule has 108 valence electrons. The maximum Gasteiger partial charge on any atom is 0.114 e. The van der Waals surface area contributed by atoms with E-state index in [0.29, 0.717) is 0 Å². The SMILES string of the molecule is CC1(O)C(c2cccs2)=C(c2ccccc2)c2ccccc21. The Morgan fingerprint density at radius 2 is 1.59 bits per heavy atom. The summed E-state index contributed by atoms with van der Waals surface area (Å²) in [5, 5.41) is 13.3. The molecule has 1 aliphatic rings. The maximum absolute atomic E-state index is 11.3. The predicted molar refractivity (Wildman–Crippen MR) is 92.7 cm³/mol. The summed E-state index contributed by atoms with van der Waals surface area (Å²) in [6.07, 6.45) is 0. The first kappa shape index (κ1) is 13.5. The lowest BCUT2D eigenvalue weighted by Crippen LogP contribution is -2.19. The van der Waals surface area contributed by atoms with E-state index in [9.17, 15) is 5.11 Å². The molecule has 0 fully saturated rings. The average molecular weight is 304 g/mol. The number of aliphatic hydroxyl groups is 1. The van der Waals surface area contributed by atoms with E-state index in [4.69, 9.17) is 0 Å². The molecule has 22 heavy (non-hydrogen) atoms. The van der Waals surface area contributed by atoms with Crippen molar-refractivity contribution in [2.24, 2.45) is 0 Å². The third-order valence-corrected chi connectivity index (χ3v) is 5.18. The van der Waals surface area contributed by atoms with Crippen LogP contribution in [0, 0.1) is 0 Å². The fourth-order valence-corrected chi connectivity index (χ4v) is 4.21. The van der Waals surface area contributed by atoms with Crippen LogP contribution in [-0.2, 0) is 5.60 Å². The Hall–Kier alpha value is -2.16. The second-order valence-corrected chi connectivity index (χ2v) is 6.66. The average Bonchev–Trinajstić information content (AvgIpc) is 3.13. The minimum absolute atomic E-state index is 0.966. The van der Waals surface area contributed by atoms with Gasteiger partial charge in [0.25, 0.3) is 0 Å². The normalized spacial score (nSPS) is 20.3. The molecular weight excluding hydrogens is 288 g/mol. The van der Waals surface area contributed by atoms with E-state index in [1.54, 1.807) is 11.3 Å². The lowest BCUT2D eigenvalue weighted by molar-refractivity contribution is 0.125. The van der Waals surface area contributed by atoms with Crippen LogP contribution in [0.5, 0.6) is 0 Å². The molecule has 1 aromatic heterocycles. The van der Waals surface area contributed by atoms with Crippen LogP contribution in [0.15, 0.2) is 72.1 Å². The van der Waals surface area contributed by atoms with Gasteiger partial charge >= 0.3 is 0 Å². The standard InChI is InChI=1S/C20H16OS/c1-20(21)16-11-6-5-10-15(16)18(14-8-3-2-4-9-14)19(20)17-12-7-13-22-17/h2-13,21H,1H3. The quantitative estimate of drug-likeness (QED) is 0.712. The molecule has 0 amide bonds. The monoisotopic (exact) mass is 304 g/mol. The van der Waals surface area contributed by atoms with Crippen molar-refractivity contribution in [2.45, 2.75) is 12.5 Å².